The van der Waals surface area contributed by atoms with Crippen molar-refractivity contribution in [3.8, 4) is 0 Å². The summed E-state index contributed by atoms with van der Waals surface area (Å²) in [6.07, 6.45) is 0. The third-order valence-electron chi connectivity index (χ3n) is 5.70. The van der Waals surface area contributed by atoms with Crippen LogP contribution in [0.3, 0.4) is 0 Å². The molecule has 1 aliphatic rings. The van der Waals surface area contributed by atoms with Crippen LogP contribution in [0.1, 0.15) is 41.5 Å². The van der Waals surface area contributed by atoms with Gasteiger partial charge in [-0.3, -0.25) is 24.2 Å². The van der Waals surface area contributed by atoms with Crippen LogP contribution in [-0.4, -0.2) is 29.3 Å². The summed E-state index contributed by atoms with van der Waals surface area (Å²) >= 11 is 7.94. The topological polar surface area (TPSA) is 57.7 Å². The molecule has 3 amide bonds. The molecule has 0 fully saturated rings. The fraction of sp³-hybridized carbons (Fsp3) is 0.115. The molecule has 1 aliphatic heterocycles. The summed E-state index contributed by atoms with van der Waals surface area (Å²) in [4.78, 5) is 42.7. The smallest absolute Gasteiger partial charge is 0.271 e. The molecule has 5 rings (SSSR count). The lowest BCUT2D eigenvalue weighted by Crippen LogP contribution is -2.44. The Morgan fingerprint density at radius 1 is 0.909 bits per heavy atom. The molecule has 164 valence electrons. The van der Waals surface area contributed by atoms with Crippen LogP contribution in [0.25, 0.3) is 10.1 Å². The number of halogens is 1. The van der Waals surface area contributed by atoms with E-state index in [0.717, 1.165) is 26.1 Å². The standard InChI is InChI=1S/C26H19ClN2O3S/c1-15-6-5-7-17(12-15)28(14-29-24(30)18-8-3-4-9-19(18)25(29)31)26(32)23-22(27)20-11-10-16(2)13-21(20)33-23/h3-13H,14H2,1-2H3. The van der Waals surface area contributed by atoms with E-state index in [1.807, 2.05) is 50.2 Å². The SMILES string of the molecule is Cc1cccc(N(CN2C(=O)c3ccccc3C2=O)C(=O)c2sc3cc(C)ccc3c2Cl)c1. The average Bonchev–Trinajstić information content (AvgIpc) is 3.25. The van der Waals surface area contributed by atoms with Gasteiger partial charge >= 0.3 is 0 Å². The molecule has 0 saturated heterocycles. The summed E-state index contributed by atoms with van der Waals surface area (Å²) in [6, 6.07) is 19.9. The van der Waals surface area contributed by atoms with Crippen molar-refractivity contribution in [2.45, 2.75) is 13.8 Å². The number of hydrogen-bond acceptors (Lipinski definition) is 4. The van der Waals surface area contributed by atoms with E-state index in [0.29, 0.717) is 26.7 Å². The van der Waals surface area contributed by atoms with Crippen LogP contribution >= 0.6 is 22.9 Å². The van der Waals surface area contributed by atoms with Crippen LogP contribution in [0.15, 0.2) is 66.7 Å². The maximum absolute atomic E-state index is 13.8. The minimum absolute atomic E-state index is 0.210. The predicted molar refractivity (Wildman–Crippen MR) is 131 cm³/mol. The second kappa shape index (κ2) is 8.14. The number of carbonyl (C=O) groups is 3. The van der Waals surface area contributed by atoms with Crippen molar-refractivity contribution in [1.29, 1.82) is 0 Å². The van der Waals surface area contributed by atoms with Gasteiger partial charge in [-0.05, 0) is 55.3 Å². The first kappa shape index (κ1) is 21.4. The van der Waals surface area contributed by atoms with E-state index >= 15 is 0 Å². The van der Waals surface area contributed by atoms with Crippen LogP contribution in [0.4, 0.5) is 5.69 Å². The molecular weight excluding hydrogens is 456 g/mol. The number of anilines is 1. The van der Waals surface area contributed by atoms with Crippen molar-refractivity contribution < 1.29 is 14.4 Å². The molecule has 3 aromatic carbocycles. The first-order valence-electron chi connectivity index (χ1n) is 10.4. The fourth-order valence-electron chi connectivity index (χ4n) is 4.00. The van der Waals surface area contributed by atoms with E-state index in [-0.39, 0.29) is 12.6 Å². The van der Waals surface area contributed by atoms with E-state index < -0.39 is 11.8 Å². The lowest BCUT2D eigenvalue weighted by molar-refractivity contribution is 0.0650. The first-order chi connectivity index (χ1) is 15.8. The molecule has 0 saturated carbocycles. The Bertz CT molecular complexity index is 1420. The van der Waals surface area contributed by atoms with Crippen LogP contribution in [0, 0.1) is 13.8 Å². The highest BCUT2D eigenvalue weighted by atomic mass is 35.5. The van der Waals surface area contributed by atoms with Gasteiger partial charge in [-0.1, -0.05) is 48.0 Å². The predicted octanol–water partition coefficient (Wildman–Crippen LogP) is 6.07. The molecule has 0 N–H and O–H groups in total. The van der Waals surface area contributed by atoms with Gasteiger partial charge < -0.3 is 0 Å². The third kappa shape index (κ3) is 3.61. The van der Waals surface area contributed by atoms with Gasteiger partial charge in [0, 0.05) is 15.8 Å². The van der Waals surface area contributed by atoms with Gasteiger partial charge in [0.2, 0.25) is 0 Å². The highest BCUT2D eigenvalue weighted by Crippen LogP contribution is 2.37. The lowest BCUT2D eigenvalue weighted by atomic mass is 10.1. The molecule has 7 heteroatoms. The van der Waals surface area contributed by atoms with Crippen molar-refractivity contribution in [3.63, 3.8) is 0 Å². The van der Waals surface area contributed by atoms with Crippen LogP contribution in [0.5, 0.6) is 0 Å². The zero-order chi connectivity index (χ0) is 23.3. The van der Waals surface area contributed by atoms with Gasteiger partial charge in [-0.2, -0.15) is 0 Å². The fourth-order valence-corrected chi connectivity index (χ4v) is 5.56. The molecule has 4 aromatic rings. The molecule has 0 unspecified atom stereocenters. The molecule has 1 aromatic heterocycles. The Labute approximate surface area is 199 Å². The largest absolute Gasteiger partial charge is 0.289 e. The summed E-state index contributed by atoms with van der Waals surface area (Å²) in [5.74, 6) is -1.20. The number of aryl methyl sites for hydroxylation is 2. The molecule has 33 heavy (non-hydrogen) atoms. The maximum Gasteiger partial charge on any atom is 0.271 e. The minimum atomic E-state index is -0.417. The van der Waals surface area contributed by atoms with Crippen molar-refractivity contribution in [2.75, 3.05) is 11.6 Å². The normalized spacial score (nSPS) is 13.0. The Morgan fingerprint density at radius 3 is 2.24 bits per heavy atom. The monoisotopic (exact) mass is 474 g/mol. The van der Waals surface area contributed by atoms with Gasteiger partial charge in [-0.25, -0.2) is 0 Å². The summed E-state index contributed by atoms with van der Waals surface area (Å²) in [6.45, 7) is 3.69. The van der Waals surface area contributed by atoms with E-state index in [1.54, 1.807) is 30.3 Å². The molecule has 0 aliphatic carbocycles. The number of benzene rings is 3. The number of fused-ring (bicyclic) bond motifs is 2. The van der Waals surface area contributed by atoms with Crippen molar-refractivity contribution in [1.82, 2.24) is 4.90 Å². The zero-order valence-electron chi connectivity index (χ0n) is 18.0. The Kier molecular flexibility index (Phi) is 5.27. The maximum atomic E-state index is 13.8. The summed E-state index contributed by atoms with van der Waals surface area (Å²) in [7, 11) is 0. The Hall–Kier alpha value is -3.48. The Morgan fingerprint density at radius 2 is 1.58 bits per heavy atom. The van der Waals surface area contributed by atoms with Crippen molar-refractivity contribution >= 4 is 56.4 Å². The summed E-state index contributed by atoms with van der Waals surface area (Å²) in [5, 5.41) is 1.18. The molecule has 2 heterocycles. The third-order valence-corrected chi connectivity index (χ3v) is 7.34. The number of imide groups is 1. The first-order valence-corrected chi connectivity index (χ1v) is 11.6. The quantitative estimate of drug-likeness (QED) is 0.337. The molecule has 0 radical (unpaired) electrons. The molecule has 0 spiro atoms. The molecule has 0 bridgehead atoms. The van der Waals surface area contributed by atoms with Crippen LogP contribution in [-0.2, 0) is 0 Å². The van der Waals surface area contributed by atoms with Crippen LogP contribution in [0.2, 0.25) is 5.02 Å². The number of thiophene rings is 1. The number of amides is 3. The minimum Gasteiger partial charge on any atom is -0.289 e. The van der Waals surface area contributed by atoms with Gasteiger partial charge in [0.15, 0.2) is 0 Å². The van der Waals surface area contributed by atoms with Crippen molar-refractivity contribution in [3.05, 3.63) is 98.9 Å². The van der Waals surface area contributed by atoms with Gasteiger partial charge in [-0.15, -0.1) is 11.3 Å². The van der Waals surface area contributed by atoms with Gasteiger partial charge in [0.1, 0.15) is 11.5 Å². The zero-order valence-corrected chi connectivity index (χ0v) is 19.5. The van der Waals surface area contributed by atoms with E-state index in [9.17, 15) is 14.4 Å². The van der Waals surface area contributed by atoms with E-state index in [1.165, 1.54) is 16.2 Å². The average molecular weight is 475 g/mol. The highest BCUT2D eigenvalue weighted by Gasteiger charge is 2.38. The number of nitrogens with zero attached hydrogens (tertiary/aromatic N) is 2. The molecule has 5 nitrogen and oxygen atoms in total. The number of carbonyl (C=O) groups excluding carboxylic acids is 3. The highest BCUT2D eigenvalue weighted by molar-refractivity contribution is 7.21. The van der Waals surface area contributed by atoms with E-state index in [4.69, 9.17) is 11.6 Å². The number of rotatable bonds is 4. The number of hydrogen-bond donors (Lipinski definition) is 0. The summed E-state index contributed by atoms with van der Waals surface area (Å²) < 4.78 is 0.910. The second-order valence-corrected chi connectivity index (χ2v) is 9.47. The van der Waals surface area contributed by atoms with E-state index in [2.05, 4.69) is 0 Å². The Balaban J connectivity index is 1.58. The summed E-state index contributed by atoms with van der Waals surface area (Å²) in [5.41, 5.74) is 3.29. The second-order valence-electron chi connectivity index (χ2n) is 8.04. The molecular formula is C26H19ClN2O3S. The van der Waals surface area contributed by atoms with Gasteiger partial charge in [0.25, 0.3) is 17.7 Å². The van der Waals surface area contributed by atoms with Crippen molar-refractivity contribution in [2.24, 2.45) is 0 Å². The molecule has 0 atom stereocenters. The van der Waals surface area contributed by atoms with Crippen LogP contribution < -0.4 is 4.90 Å². The lowest BCUT2D eigenvalue weighted by Gasteiger charge is -2.27. The van der Waals surface area contributed by atoms with Gasteiger partial charge in [0.05, 0.1) is 16.1 Å².